The van der Waals surface area contributed by atoms with Crippen LogP contribution in [0.1, 0.15) is 20.3 Å². The van der Waals surface area contributed by atoms with Gasteiger partial charge in [-0.15, -0.1) is 0 Å². The van der Waals surface area contributed by atoms with Gasteiger partial charge in [-0.3, -0.25) is 14.6 Å². The van der Waals surface area contributed by atoms with E-state index >= 15 is 0 Å². The first-order valence-electron chi connectivity index (χ1n) is 4.22. The molecule has 1 unspecified atom stereocenters. The summed E-state index contributed by atoms with van der Waals surface area (Å²) < 4.78 is 14.1. The molecule has 0 saturated heterocycles. The highest BCUT2D eigenvalue weighted by molar-refractivity contribution is 7.46. The first-order chi connectivity index (χ1) is 6.78. The lowest BCUT2D eigenvalue weighted by Crippen LogP contribution is -2.23. The molecule has 0 aromatic heterocycles. The van der Waals surface area contributed by atoms with Gasteiger partial charge < -0.3 is 14.9 Å². The SMILES string of the molecule is CCC(COP(=O)(O)O)[N+](=O)[O-].CCO. The molecule has 0 aliphatic carbocycles. The Morgan fingerprint density at radius 3 is 2.07 bits per heavy atom. The molecule has 0 fully saturated rings. The summed E-state index contributed by atoms with van der Waals surface area (Å²) in [6, 6.07) is -1.06. The van der Waals surface area contributed by atoms with Gasteiger partial charge in [0.2, 0.25) is 6.04 Å². The Bertz CT molecular complexity index is 216. The van der Waals surface area contributed by atoms with Crippen LogP contribution in [0.15, 0.2) is 0 Å². The zero-order chi connectivity index (χ0) is 12.5. The maximum absolute atomic E-state index is 10.1. The third kappa shape index (κ3) is 13.5. The summed E-state index contributed by atoms with van der Waals surface area (Å²) in [5.74, 6) is 0. The Hall–Kier alpha value is -0.530. The van der Waals surface area contributed by atoms with Gasteiger partial charge >= 0.3 is 7.82 Å². The number of phosphoric ester groups is 1. The average molecular weight is 245 g/mol. The molecule has 0 spiro atoms. The second kappa shape index (κ2) is 8.75. The molecule has 0 bridgehead atoms. The summed E-state index contributed by atoms with van der Waals surface area (Å²) >= 11 is 0. The second-order valence-corrected chi connectivity index (χ2v) is 3.69. The van der Waals surface area contributed by atoms with Crippen molar-refractivity contribution in [3.05, 3.63) is 10.1 Å². The molecule has 0 heterocycles. The van der Waals surface area contributed by atoms with Crippen molar-refractivity contribution in [3.8, 4) is 0 Å². The molecule has 15 heavy (non-hydrogen) atoms. The number of phosphoric acid groups is 1. The molecule has 0 amide bonds. The van der Waals surface area contributed by atoms with Gasteiger partial charge in [0.25, 0.3) is 0 Å². The van der Waals surface area contributed by atoms with Gasteiger partial charge in [-0.1, -0.05) is 6.92 Å². The normalized spacial score (nSPS) is 12.6. The number of nitrogens with zero attached hydrogens (tertiary/aromatic N) is 1. The molecule has 0 aromatic carbocycles. The molecule has 0 aliphatic rings. The van der Waals surface area contributed by atoms with Crippen molar-refractivity contribution < 1.29 is 28.9 Å². The summed E-state index contributed by atoms with van der Waals surface area (Å²) in [4.78, 5) is 25.9. The minimum Gasteiger partial charge on any atom is -0.397 e. The zero-order valence-corrected chi connectivity index (χ0v) is 9.46. The third-order valence-electron chi connectivity index (χ3n) is 1.20. The molecule has 3 N–H and O–H groups in total. The lowest BCUT2D eigenvalue weighted by molar-refractivity contribution is -0.525. The number of nitro groups is 1. The maximum atomic E-state index is 10.1. The van der Waals surface area contributed by atoms with E-state index in [2.05, 4.69) is 4.52 Å². The number of aliphatic hydroxyl groups is 1. The number of aliphatic hydroxyl groups excluding tert-OH is 1. The highest BCUT2D eigenvalue weighted by Crippen LogP contribution is 2.35. The zero-order valence-electron chi connectivity index (χ0n) is 8.57. The topological polar surface area (TPSA) is 130 Å². The van der Waals surface area contributed by atoms with Crippen LogP contribution in [0.25, 0.3) is 0 Å². The smallest absolute Gasteiger partial charge is 0.397 e. The summed E-state index contributed by atoms with van der Waals surface area (Å²) in [5, 5.41) is 17.7. The fourth-order valence-corrected chi connectivity index (χ4v) is 0.877. The number of hydrogen-bond donors (Lipinski definition) is 3. The molecular weight excluding hydrogens is 229 g/mol. The van der Waals surface area contributed by atoms with Crippen LogP contribution in [0.4, 0.5) is 0 Å². The minimum absolute atomic E-state index is 0.174. The van der Waals surface area contributed by atoms with Gasteiger partial charge in [0.15, 0.2) is 0 Å². The van der Waals surface area contributed by atoms with E-state index in [1.807, 2.05) is 0 Å². The predicted molar refractivity (Wildman–Crippen MR) is 51.8 cm³/mol. The van der Waals surface area contributed by atoms with Gasteiger partial charge in [-0.2, -0.15) is 0 Å². The van der Waals surface area contributed by atoms with Crippen LogP contribution in [0, 0.1) is 10.1 Å². The quantitative estimate of drug-likeness (QED) is 0.357. The molecule has 0 rings (SSSR count). The lowest BCUT2D eigenvalue weighted by Gasteiger charge is -2.07. The van der Waals surface area contributed by atoms with Crippen LogP contribution in [-0.2, 0) is 9.09 Å². The van der Waals surface area contributed by atoms with Crippen molar-refractivity contribution in [1.29, 1.82) is 0 Å². The molecule has 0 aliphatic heterocycles. The van der Waals surface area contributed by atoms with Gasteiger partial charge in [-0.05, 0) is 6.92 Å². The summed E-state index contributed by atoms with van der Waals surface area (Å²) in [7, 11) is -4.58. The Kier molecular flexibility index (Phi) is 9.85. The summed E-state index contributed by atoms with van der Waals surface area (Å²) in [6.07, 6.45) is 0.174. The highest BCUT2D eigenvalue weighted by atomic mass is 31.2. The number of hydrogen-bond acceptors (Lipinski definition) is 5. The van der Waals surface area contributed by atoms with Gasteiger partial charge in [0.1, 0.15) is 6.61 Å². The van der Waals surface area contributed by atoms with Crippen molar-refractivity contribution in [3.63, 3.8) is 0 Å². The largest absolute Gasteiger partial charge is 0.469 e. The van der Waals surface area contributed by atoms with Crippen LogP contribution in [0.2, 0.25) is 0 Å². The van der Waals surface area contributed by atoms with Crippen molar-refractivity contribution in [2.24, 2.45) is 0 Å². The van der Waals surface area contributed by atoms with Gasteiger partial charge in [-0.25, -0.2) is 4.57 Å². The molecule has 9 heteroatoms. The fraction of sp³-hybridized carbons (Fsp3) is 1.00. The minimum atomic E-state index is -4.58. The Labute approximate surface area is 87.3 Å². The Morgan fingerprint density at radius 1 is 1.47 bits per heavy atom. The van der Waals surface area contributed by atoms with Crippen LogP contribution in [0.5, 0.6) is 0 Å². The molecule has 0 saturated carbocycles. The van der Waals surface area contributed by atoms with Crippen molar-refractivity contribution >= 4 is 7.82 Å². The first kappa shape index (κ1) is 16.9. The predicted octanol–water partition coefficient (Wildman–Crippen LogP) is 0.150. The molecule has 92 valence electrons. The summed E-state index contributed by atoms with van der Waals surface area (Å²) in [6.45, 7) is 2.91. The van der Waals surface area contributed by atoms with Gasteiger partial charge in [0.05, 0.1) is 0 Å². The van der Waals surface area contributed by atoms with E-state index in [1.165, 1.54) is 6.92 Å². The Balaban J connectivity index is 0. The first-order valence-corrected chi connectivity index (χ1v) is 5.75. The maximum Gasteiger partial charge on any atom is 0.469 e. The van der Waals surface area contributed by atoms with E-state index in [9.17, 15) is 14.7 Å². The number of rotatable bonds is 5. The van der Waals surface area contributed by atoms with E-state index in [1.54, 1.807) is 6.92 Å². The second-order valence-electron chi connectivity index (χ2n) is 2.45. The fourth-order valence-electron chi connectivity index (χ4n) is 0.511. The average Bonchev–Trinajstić information content (AvgIpc) is 2.03. The van der Waals surface area contributed by atoms with Crippen LogP contribution >= 0.6 is 7.82 Å². The molecule has 0 radical (unpaired) electrons. The van der Waals surface area contributed by atoms with Crippen LogP contribution in [0.3, 0.4) is 0 Å². The molecule has 8 nitrogen and oxygen atoms in total. The molecular formula is C6H16NO7P. The van der Waals surface area contributed by atoms with E-state index in [-0.39, 0.29) is 13.0 Å². The Morgan fingerprint density at radius 2 is 1.87 bits per heavy atom. The van der Waals surface area contributed by atoms with E-state index in [4.69, 9.17) is 14.9 Å². The standard InChI is InChI=1S/C4H10NO6P.C2H6O/c1-2-4(5(6)7)3-11-12(8,9)10;1-2-3/h4H,2-3H2,1H3,(H2,8,9,10);3H,2H2,1H3. The third-order valence-corrected chi connectivity index (χ3v) is 1.69. The van der Waals surface area contributed by atoms with Crippen molar-refractivity contribution in [1.82, 2.24) is 0 Å². The molecule has 1 atom stereocenters. The monoisotopic (exact) mass is 245 g/mol. The lowest BCUT2D eigenvalue weighted by atomic mass is 10.3. The molecule has 0 aromatic rings. The summed E-state index contributed by atoms with van der Waals surface area (Å²) in [5.41, 5.74) is 0. The van der Waals surface area contributed by atoms with E-state index in [0.29, 0.717) is 0 Å². The van der Waals surface area contributed by atoms with Crippen LogP contribution < -0.4 is 0 Å². The van der Waals surface area contributed by atoms with E-state index in [0.717, 1.165) is 0 Å². The van der Waals surface area contributed by atoms with Crippen molar-refractivity contribution in [2.75, 3.05) is 13.2 Å². The highest BCUT2D eigenvalue weighted by Gasteiger charge is 2.23. The van der Waals surface area contributed by atoms with Crippen molar-refractivity contribution in [2.45, 2.75) is 26.3 Å². The van der Waals surface area contributed by atoms with Gasteiger partial charge in [0, 0.05) is 18.0 Å². The van der Waals surface area contributed by atoms with E-state index < -0.39 is 25.4 Å². The van der Waals surface area contributed by atoms with Crippen LogP contribution in [-0.4, -0.2) is 39.1 Å².